The van der Waals surface area contributed by atoms with Crippen LogP contribution in [0.15, 0.2) is 127 Å². The van der Waals surface area contributed by atoms with E-state index in [0.717, 1.165) is 22.7 Å². The molecule has 0 unspecified atom stereocenters. The summed E-state index contributed by atoms with van der Waals surface area (Å²) in [4.78, 5) is 4.74. The number of aryl methyl sites for hydroxylation is 7. The second-order valence-corrected chi connectivity index (χ2v) is 12.5. The van der Waals surface area contributed by atoms with Gasteiger partial charge in [-0.05, 0) is 131 Å². The Balaban J connectivity index is 1.36. The van der Waals surface area contributed by atoms with Gasteiger partial charge in [0.05, 0.1) is 5.69 Å². The van der Waals surface area contributed by atoms with Crippen LogP contribution in [0.1, 0.15) is 38.9 Å². The first-order chi connectivity index (χ1) is 21.7. The molecule has 0 N–H and O–H groups in total. The van der Waals surface area contributed by atoms with Crippen molar-refractivity contribution in [2.24, 2.45) is 0 Å². The van der Waals surface area contributed by atoms with Gasteiger partial charge in [0.25, 0.3) is 0 Å². The van der Waals surface area contributed by atoms with E-state index in [4.69, 9.17) is 0 Å². The molecule has 0 atom stereocenters. The highest BCUT2D eigenvalue weighted by atomic mass is 15.1. The van der Waals surface area contributed by atoms with E-state index in [1.165, 1.54) is 61.4 Å². The molecular formula is C43H42N2. The van der Waals surface area contributed by atoms with Gasteiger partial charge in [-0.2, -0.15) is 0 Å². The molecule has 0 aromatic heterocycles. The molecule has 224 valence electrons. The lowest BCUT2D eigenvalue weighted by Crippen LogP contribution is -2.13. The fourth-order valence-corrected chi connectivity index (χ4v) is 6.41. The van der Waals surface area contributed by atoms with Crippen molar-refractivity contribution in [2.45, 2.75) is 48.5 Å². The van der Waals surface area contributed by atoms with Gasteiger partial charge in [0.1, 0.15) is 0 Å². The molecule has 2 heteroatoms. The zero-order valence-electron chi connectivity index (χ0n) is 27.5. The second-order valence-electron chi connectivity index (χ2n) is 12.5. The molecule has 0 aliphatic heterocycles. The average Bonchev–Trinajstić information content (AvgIpc) is 3.02. The molecule has 6 aromatic rings. The van der Waals surface area contributed by atoms with Crippen LogP contribution in [-0.2, 0) is 0 Å². The van der Waals surface area contributed by atoms with Gasteiger partial charge < -0.3 is 9.80 Å². The van der Waals surface area contributed by atoms with E-state index in [1.54, 1.807) is 0 Å². The van der Waals surface area contributed by atoms with Gasteiger partial charge in [0.2, 0.25) is 0 Å². The molecule has 0 amide bonds. The van der Waals surface area contributed by atoms with E-state index in [9.17, 15) is 0 Å². The third-order valence-corrected chi connectivity index (χ3v) is 8.62. The van der Waals surface area contributed by atoms with Crippen LogP contribution in [0, 0.1) is 48.5 Å². The van der Waals surface area contributed by atoms with E-state index >= 15 is 0 Å². The van der Waals surface area contributed by atoms with Crippen LogP contribution in [0.2, 0.25) is 0 Å². The van der Waals surface area contributed by atoms with Crippen molar-refractivity contribution in [2.75, 3.05) is 9.80 Å². The molecule has 0 bridgehead atoms. The number of rotatable bonds is 7. The first kappa shape index (κ1) is 30.0. The van der Waals surface area contributed by atoms with Crippen LogP contribution in [-0.4, -0.2) is 0 Å². The first-order valence-corrected chi connectivity index (χ1v) is 15.8. The zero-order valence-corrected chi connectivity index (χ0v) is 27.5. The molecule has 0 saturated heterocycles. The van der Waals surface area contributed by atoms with Gasteiger partial charge in [-0.25, -0.2) is 0 Å². The fraction of sp³-hybridized carbons (Fsp3) is 0.163. The molecule has 0 aliphatic rings. The Morgan fingerprint density at radius 1 is 0.311 bits per heavy atom. The molecule has 0 spiro atoms. The SMILES string of the molecule is Cc1ccc(N(c2ccc(-c3ccc(N(c4ccc(C)cc4)c4c(C)cc(C)cc4C)cc3)cc2)c2ccc(C)cc2C)cc1. The summed E-state index contributed by atoms with van der Waals surface area (Å²) in [6.45, 7) is 15.2. The molecule has 0 saturated carbocycles. The monoisotopic (exact) mass is 586 g/mol. The van der Waals surface area contributed by atoms with Gasteiger partial charge in [-0.15, -0.1) is 0 Å². The number of hydrogen-bond acceptors (Lipinski definition) is 2. The van der Waals surface area contributed by atoms with Crippen molar-refractivity contribution in [3.63, 3.8) is 0 Å². The molecule has 0 radical (unpaired) electrons. The Morgan fingerprint density at radius 2 is 0.667 bits per heavy atom. The highest BCUT2D eigenvalue weighted by Gasteiger charge is 2.18. The van der Waals surface area contributed by atoms with Crippen LogP contribution < -0.4 is 9.80 Å². The van der Waals surface area contributed by atoms with Crippen molar-refractivity contribution in [3.8, 4) is 11.1 Å². The zero-order chi connectivity index (χ0) is 31.7. The molecule has 6 aromatic carbocycles. The van der Waals surface area contributed by atoms with Crippen molar-refractivity contribution >= 4 is 34.1 Å². The Labute approximate surface area is 269 Å². The minimum absolute atomic E-state index is 1.14. The lowest BCUT2D eigenvalue weighted by Gasteiger charge is -2.29. The summed E-state index contributed by atoms with van der Waals surface area (Å²) >= 11 is 0. The van der Waals surface area contributed by atoms with Crippen LogP contribution in [0.25, 0.3) is 11.1 Å². The van der Waals surface area contributed by atoms with E-state index in [-0.39, 0.29) is 0 Å². The number of nitrogens with zero attached hydrogens (tertiary/aromatic N) is 2. The van der Waals surface area contributed by atoms with Crippen LogP contribution in [0.3, 0.4) is 0 Å². The van der Waals surface area contributed by atoms with E-state index in [0.29, 0.717) is 0 Å². The van der Waals surface area contributed by atoms with Crippen molar-refractivity contribution in [1.82, 2.24) is 0 Å². The van der Waals surface area contributed by atoms with E-state index in [1.807, 2.05) is 0 Å². The van der Waals surface area contributed by atoms with Crippen LogP contribution >= 0.6 is 0 Å². The lowest BCUT2D eigenvalue weighted by molar-refractivity contribution is 1.20. The van der Waals surface area contributed by atoms with E-state index < -0.39 is 0 Å². The second kappa shape index (κ2) is 12.5. The summed E-state index contributed by atoms with van der Waals surface area (Å²) in [5.41, 5.74) is 18.3. The maximum absolute atomic E-state index is 2.39. The van der Waals surface area contributed by atoms with Crippen LogP contribution in [0.5, 0.6) is 0 Å². The third kappa shape index (κ3) is 6.28. The maximum atomic E-state index is 2.39. The Bertz CT molecular complexity index is 1910. The number of benzene rings is 6. The summed E-state index contributed by atoms with van der Waals surface area (Å²) < 4.78 is 0. The van der Waals surface area contributed by atoms with Crippen molar-refractivity contribution in [1.29, 1.82) is 0 Å². The minimum atomic E-state index is 1.14. The molecular weight excluding hydrogens is 544 g/mol. The Morgan fingerprint density at radius 3 is 1.09 bits per heavy atom. The predicted octanol–water partition coefficient (Wildman–Crippen LogP) is 12.5. The largest absolute Gasteiger partial charge is 0.310 e. The van der Waals surface area contributed by atoms with Crippen LogP contribution in [0.4, 0.5) is 34.1 Å². The normalized spacial score (nSPS) is 11.0. The predicted molar refractivity (Wildman–Crippen MR) is 194 cm³/mol. The number of hydrogen-bond donors (Lipinski definition) is 0. The highest BCUT2D eigenvalue weighted by molar-refractivity contribution is 5.83. The third-order valence-electron chi connectivity index (χ3n) is 8.62. The van der Waals surface area contributed by atoms with Gasteiger partial charge >= 0.3 is 0 Å². The number of anilines is 6. The molecule has 6 rings (SSSR count). The first-order valence-electron chi connectivity index (χ1n) is 15.8. The minimum Gasteiger partial charge on any atom is -0.310 e. The smallest absolute Gasteiger partial charge is 0.0520 e. The van der Waals surface area contributed by atoms with Crippen molar-refractivity contribution in [3.05, 3.63) is 166 Å². The summed E-state index contributed by atoms with van der Waals surface area (Å²) in [6.07, 6.45) is 0. The quantitative estimate of drug-likeness (QED) is 0.184. The lowest BCUT2D eigenvalue weighted by atomic mass is 10.0. The average molecular weight is 587 g/mol. The Hall–Kier alpha value is -5.08. The van der Waals surface area contributed by atoms with E-state index in [2.05, 4.69) is 186 Å². The van der Waals surface area contributed by atoms with Crippen molar-refractivity contribution < 1.29 is 0 Å². The summed E-state index contributed by atoms with van der Waals surface area (Å²) in [6, 6.07) is 46.7. The molecule has 0 aliphatic carbocycles. The molecule has 2 nitrogen and oxygen atoms in total. The summed E-state index contributed by atoms with van der Waals surface area (Å²) in [5.74, 6) is 0. The van der Waals surface area contributed by atoms with Gasteiger partial charge in [-0.3, -0.25) is 0 Å². The maximum Gasteiger partial charge on any atom is 0.0520 e. The molecule has 0 fully saturated rings. The topological polar surface area (TPSA) is 6.48 Å². The standard InChI is InChI=1S/C43H42N2/c1-29-8-17-38(18-9-29)44(42-25-12-31(3)26-33(42)5)39-21-13-36(14-22-39)37-15-23-41(24-16-37)45(40-19-10-30(2)11-20-40)43-34(6)27-32(4)28-35(43)7/h8-28H,1-7H3. The summed E-state index contributed by atoms with van der Waals surface area (Å²) in [5, 5.41) is 0. The fourth-order valence-electron chi connectivity index (χ4n) is 6.41. The van der Waals surface area contributed by atoms with Gasteiger partial charge in [0, 0.05) is 28.4 Å². The molecule has 45 heavy (non-hydrogen) atoms. The summed E-state index contributed by atoms with van der Waals surface area (Å²) in [7, 11) is 0. The Kier molecular flexibility index (Phi) is 8.32. The van der Waals surface area contributed by atoms with Gasteiger partial charge in [-0.1, -0.05) is 95.1 Å². The highest BCUT2D eigenvalue weighted by Crippen LogP contribution is 2.41. The van der Waals surface area contributed by atoms with Gasteiger partial charge in [0.15, 0.2) is 0 Å². The molecule has 0 heterocycles.